The molecule has 3 nitrogen and oxygen atoms in total. The Hall–Kier alpha value is -1.04. The standard InChI is InChI=1S/C10H10BrF2NO2/c1-5(6(2)11)8-3-7(12)4-9(13)10(8)14(15)16/h3-6H,1-2H3. The Bertz CT molecular complexity index is 424. The molecular formula is C10H10BrF2NO2. The van der Waals surface area contributed by atoms with Gasteiger partial charge in [-0.25, -0.2) is 4.39 Å². The third-order valence-corrected chi connectivity index (χ3v) is 3.21. The molecule has 0 heterocycles. The summed E-state index contributed by atoms with van der Waals surface area (Å²) in [4.78, 5) is 9.77. The minimum Gasteiger partial charge on any atom is -0.258 e. The largest absolute Gasteiger partial charge is 0.308 e. The fraction of sp³-hybridized carbons (Fsp3) is 0.400. The zero-order valence-electron chi connectivity index (χ0n) is 8.71. The van der Waals surface area contributed by atoms with E-state index in [1.807, 2.05) is 0 Å². The SMILES string of the molecule is CC(Br)C(C)c1cc(F)cc(F)c1[N+](=O)[O-]. The van der Waals surface area contributed by atoms with Crippen LogP contribution in [0.5, 0.6) is 0 Å². The Morgan fingerprint density at radius 2 is 1.94 bits per heavy atom. The van der Waals surface area contributed by atoms with Crippen LogP contribution < -0.4 is 0 Å². The zero-order chi connectivity index (χ0) is 12.5. The molecule has 0 aliphatic rings. The van der Waals surface area contributed by atoms with Crippen molar-refractivity contribution in [3.63, 3.8) is 0 Å². The Labute approximate surface area is 99.7 Å². The second-order valence-corrected chi connectivity index (χ2v) is 4.99. The first-order valence-corrected chi connectivity index (χ1v) is 5.53. The number of nitro benzene ring substituents is 1. The number of hydrogen-bond acceptors (Lipinski definition) is 2. The summed E-state index contributed by atoms with van der Waals surface area (Å²) in [7, 11) is 0. The molecule has 1 rings (SSSR count). The molecule has 2 unspecified atom stereocenters. The summed E-state index contributed by atoms with van der Waals surface area (Å²) < 4.78 is 26.3. The summed E-state index contributed by atoms with van der Waals surface area (Å²) in [6, 6.07) is 1.52. The molecule has 0 radical (unpaired) electrons. The van der Waals surface area contributed by atoms with Crippen molar-refractivity contribution in [1.29, 1.82) is 0 Å². The molecule has 0 bridgehead atoms. The van der Waals surface area contributed by atoms with E-state index in [9.17, 15) is 18.9 Å². The van der Waals surface area contributed by atoms with Crippen molar-refractivity contribution in [1.82, 2.24) is 0 Å². The van der Waals surface area contributed by atoms with Gasteiger partial charge in [0, 0.05) is 22.4 Å². The lowest BCUT2D eigenvalue weighted by molar-refractivity contribution is -0.388. The fourth-order valence-electron chi connectivity index (χ4n) is 1.37. The van der Waals surface area contributed by atoms with E-state index < -0.39 is 22.2 Å². The van der Waals surface area contributed by atoms with Gasteiger partial charge < -0.3 is 0 Å². The molecule has 0 fully saturated rings. The van der Waals surface area contributed by atoms with E-state index >= 15 is 0 Å². The highest BCUT2D eigenvalue weighted by Gasteiger charge is 2.27. The Kier molecular flexibility index (Phi) is 3.96. The highest BCUT2D eigenvalue weighted by molar-refractivity contribution is 9.09. The predicted octanol–water partition coefficient (Wildman–Crippen LogP) is 3.76. The van der Waals surface area contributed by atoms with Gasteiger partial charge in [0.25, 0.3) is 0 Å². The Balaban J connectivity index is 3.40. The van der Waals surface area contributed by atoms with Crippen LogP contribution >= 0.6 is 15.9 Å². The van der Waals surface area contributed by atoms with Crippen LogP contribution in [-0.4, -0.2) is 9.75 Å². The lowest BCUT2D eigenvalue weighted by Crippen LogP contribution is -2.09. The van der Waals surface area contributed by atoms with Gasteiger partial charge in [-0.3, -0.25) is 10.1 Å². The van der Waals surface area contributed by atoms with E-state index in [-0.39, 0.29) is 16.3 Å². The molecule has 0 saturated carbocycles. The predicted molar refractivity (Wildman–Crippen MR) is 59.8 cm³/mol. The van der Waals surface area contributed by atoms with E-state index in [0.717, 1.165) is 6.07 Å². The average Bonchev–Trinajstić information content (AvgIpc) is 2.14. The summed E-state index contributed by atoms with van der Waals surface area (Å²) in [5.41, 5.74) is -0.591. The number of nitro groups is 1. The molecular weight excluding hydrogens is 284 g/mol. The molecule has 0 amide bonds. The summed E-state index contributed by atoms with van der Waals surface area (Å²) in [6.45, 7) is 3.43. The van der Waals surface area contributed by atoms with E-state index in [4.69, 9.17) is 0 Å². The maximum absolute atomic E-state index is 13.3. The number of rotatable bonds is 3. The van der Waals surface area contributed by atoms with Gasteiger partial charge >= 0.3 is 5.69 Å². The van der Waals surface area contributed by atoms with Gasteiger partial charge in [-0.1, -0.05) is 29.8 Å². The van der Waals surface area contributed by atoms with Gasteiger partial charge in [0.05, 0.1) is 4.92 Å². The number of nitrogens with zero attached hydrogens (tertiary/aromatic N) is 1. The van der Waals surface area contributed by atoms with E-state index in [1.54, 1.807) is 13.8 Å². The molecule has 6 heteroatoms. The van der Waals surface area contributed by atoms with Crippen molar-refractivity contribution in [2.24, 2.45) is 0 Å². The van der Waals surface area contributed by atoms with Crippen LogP contribution in [-0.2, 0) is 0 Å². The molecule has 1 aromatic carbocycles. The average molecular weight is 294 g/mol. The molecule has 0 spiro atoms. The highest BCUT2D eigenvalue weighted by atomic mass is 79.9. The minimum absolute atomic E-state index is 0.0619. The summed E-state index contributed by atoms with van der Waals surface area (Å²) in [5.74, 6) is -2.30. The van der Waals surface area contributed by atoms with Gasteiger partial charge in [-0.15, -0.1) is 0 Å². The van der Waals surface area contributed by atoms with Crippen LogP contribution in [0.15, 0.2) is 12.1 Å². The topological polar surface area (TPSA) is 43.1 Å². The van der Waals surface area contributed by atoms with Crippen LogP contribution in [0.3, 0.4) is 0 Å². The van der Waals surface area contributed by atoms with Crippen LogP contribution in [0.2, 0.25) is 0 Å². The highest BCUT2D eigenvalue weighted by Crippen LogP contribution is 2.34. The van der Waals surface area contributed by atoms with Crippen LogP contribution in [0.1, 0.15) is 25.3 Å². The van der Waals surface area contributed by atoms with Crippen LogP contribution in [0, 0.1) is 21.7 Å². The van der Waals surface area contributed by atoms with Crippen LogP contribution in [0.4, 0.5) is 14.5 Å². The molecule has 0 N–H and O–H groups in total. The first kappa shape index (κ1) is 13.0. The van der Waals surface area contributed by atoms with E-state index in [2.05, 4.69) is 15.9 Å². The smallest absolute Gasteiger partial charge is 0.258 e. The monoisotopic (exact) mass is 293 g/mol. The second-order valence-electron chi connectivity index (χ2n) is 3.55. The summed E-state index contributed by atoms with van der Waals surface area (Å²) in [6.07, 6.45) is 0. The molecule has 1 aromatic rings. The molecule has 0 saturated heterocycles. The Morgan fingerprint density at radius 3 is 2.38 bits per heavy atom. The van der Waals surface area contributed by atoms with Crippen molar-refractivity contribution in [3.8, 4) is 0 Å². The Morgan fingerprint density at radius 1 is 1.38 bits per heavy atom. The van der Waals surface area contributed by atoms with Crippen molar-refractivity contribution in [2.45, 2.75) is 24.6 Å². The fourth-order valence-corrected chi connectivity index (χ4v) is 1.66. The minimum atomic E-state index is -1.14. The maximum atomic E-state index is 13.3. The first-order chi connectivity index (χ1) is 7.34. The van der Waals surface area contributed by atoms with Gasteiger partial charge in [-0.05, 0) is 6.07 Å². The third-order valence-electron chi connectivity index (χ3n) is 2.42. The third kappa shape index (κ3) is 2.55. The van der Waals surface area contributed by atoms with Gasteiger partial charge in [0.2, 0.25) is 5.82 Å². The molecule has 0 aliphatic carbocycles. The summed E-state index contributed by atoms with van der Waals surface area (Å²) >= 11 is 3.24. The molecule has 16 heavy (non-hydrogen) atoms. The van der Waals surface area contributed by atoms with E-state index in [0.29, 0.717) is 6.07 Å². The molecule has 0 aromatic heterocycles. The second kappa shape index (κ2) is 4.86. The van der Waals surface area contributed by atoms with Crippen molar-refractivity contribution >= 4 is 21.6 Å². The van der Waals surface area contributed by atoms with Crippen molar-refractivity contribution in [3.05, 3.63) is 39.4 Å². The first-order valence-electron chi connectivity index (χ1n) is 4.62. The van der Waals surface area contributed by atoms with Gasteiger partial charge in [0.1, 0.15) is 5.82 Å². The van der Waals surface area contributed by atoms with E-state index in [1.165, 1.54) is 0 Å². The van der Waals surface area contributed by atoms with Crippen molar-refractivity contribution < 1.29 is 13.7 Å². The lowest BCUT2D eigenvalue weighted by atomic mass is 9.96. The molecule has 0 aliphatic heterocycles. The number of halogens is 3. The number of benzene rings is 1. The molecule has 88 valence electrons. The van der Waals surface area contributed by atoms with Gasteiger partial charge in [-0.2, -0.15) is 4.39 Å². The van der Waals surface area contributed by atoms with Crippen LogP contribution in [0.25, 0.3) is 0 Å². The normalized spacial score (nSPS) is 14.6. The number of alkyl halides is 1. The maximum Gasteiger partial charge on any atom is 0.308 e. The lowest BCUT2D eigenvalue weighted by Gasteiger charge is -2.14. The number of hydrogen-bond donors (Lipinski definition) is 0. The van der Waals surface area contributed by atoms with Gasteiger partial charge in [0.15, 0.2) is 0 Å². The molecule has 2 atom stereocenters. The zero-order valence-corrected chi connectivity index (χ0v) is 10.3. The quantitative estimate of drug-likeness (QED) is 0.484. The van der Waals surface area contributed by atoms with Crippen molar-refractivity contribution in [2.75, 3.05) is 0 Å². The summed E-state index contributed by atoms with van der Waals surface area (Å²) in [5, 5.41) is 10.7.